The van der Waals surface area contributed by atoms with Gasteiger partial charge in [0.1, 0.15) is 5.75 Å². The standard InChI is InChI=1S/C20H24I2N2O2/c1-24(2)18(13-15-11-16(21)19(26-3)17(22)12-15)20(25)23-10-9-14-7-5-4-6-8-14/h4-8,11-12,18H,9-10,13H2,1-3H3,(H,23,25)/t18-/m0/s1. The molecule has 0 spiro atoms. The van der Waals surface area contributed by atoms with E-state index >= 15 is 0 Å². The lowest BCUT2D eigenvalue weighted by atomic mass is 10.0. The Balaban J connectivity index is 2.00. The predicted octanol–water partition coefficient (Wildman–Crippen LogP) is 3.74. The molecule has 0 heterocycles. The number of ether oxygens (including phenoxy) is 1. The Hall–Kier alpha value is -0.870. The maximum absolute atomic E-state index is 12.7. The second kappa shape index (κ2) is 10.5. The van der Waals surface area contributed by atoms with Crippen molar-refractivity contribution in [3.05, 3.63) is 60.7 Å². The van der Waals surface area contributed by atoms with Crippen molar-refractivity contribution in [2.45, 2.75) is 18.9 Å². The van der Waals surface area contributed by atoms with Crippen LogP contribution in [-0.4, -0.2) is 44.6 Å². The monoisotopic (exact) mass is 578 g/mol. The first-order valence-corrected chi connectivity index (χ1v) is 10.6. The van der Waals surface area contributed by atoms with Gasteiger partial charge in [-0.3, -0.25) is 9.69 Å². The third kappa shape index (κ3) is 6.09. The topological polar surface area (TPSA) is 41.6 Å². The van der Waals surface area contributed by atoms with Gasteiger partial charge < -0.3 is 10.1 Å². The molecule has 2 aromatic rings. The lowest BCUT2D eigenvalue weighted by Gasteiger charge is -2.24. The SMILES string of the molecule is COc1c(I)cc(C[C@@H](C(=O)NCCc2ccccc2)N(C)C)cc1I. The zero-order valence-electron chi connectivity index (χ0n) is 15.3. The molecule has 0 bridgehead atoms. The molecule has 0 saturated carbocycles. The minimum absolute atomic E-state index is 0.0618. The summed E-state index contributed by atoms with van der Waals surface area (Å²) < 4.78 is 7.55. The molecule has 1 atom stereocenters. The molecule has 0 unspecified atom stereocenters. The van der Waals surface area contributed by atoms with Gasteiger partial charge in [-0.15, -0.1) is 0 Å². The van der Waals surface area contributed by atoms with Crippen molar-refractivity contribution >= 4 is 51.1 Å². The number of rotatable bonds is 8. The van der Waals surface area contributed by atoms with Crippen molar-refractivity contribution in [3.63, 3.8) is 0 Å². The van der Waals surface area contributed by atoms with Crippen LogP contribution >= 0.6 is 45.2 Å². The molecule has 0 aliphatic carbocycles. The number of carbonyl (C=O) groups excluding carboxylic acids is 1. The van der Waals surface area contributed by atoms with Crippen LogP contribution < -0.4 is 10.1 Å². The summed E-state index contributed by atoms with van der Waals surface area (Å²) in [5.41, 5.74) is 2.37. The summed E-state index contributed by atoms with van der Waals surface area (Å²) in [4.78, 5) is 14.7. The van der Waals surface area contributed by atoms with Crippen LogP contribution in [0, 0.1) is 7.14 Å². The van der Waals surface area contributed by atoms with Gasteiger partial charge >= 0.3 is 0 Å². The first kappa shape index (κ1) is 21.4. The number of nitrogens with one attached hydrogen (secondary N) is 1. The van der Waals surface area contributed by atoms with E-state index in [2.05, 4.69) is 74.8 Å². The Morgan fingerprint density at radius 3 is 2.27 bits per heavy atom. The van der Waals surface area contributed by atoms with Gasteiger partial charge in [0.2, 0.25) is 5.91 Å². The first-order valence-electron chi connectivity index (χ1n) is 8.42. The van der Waals surface area contributed by atoms with Crippen molar-refractivity contribution in [2.75, 3.05) is 27.7 Å². The number of amides is 1. The summed E-state index contributed by atoms with van der Waals surface area (Å²) in [7, 11) is 5.57. The molecular formula is C20H24I2N2O2. The summed E-state index contributed by atoms with van der Waals surface area (Å²) >= 11 is 4.56. The molecule has 2 rings (SSSR count). The number of carbonyl (C=O) groups is 1. The fraction of sp³-hybridized carbons (Fsp3) is 0.350. The zero-order chi connectivity index (χ0) is 19.1. The second-order valence-electron chi connectivity index (χ2n) is 6.30. The van der Waals surface area contributed by atoms with Crippen LogP contribution in [0.15, 0.2) is 42.5 Å². The van der Waals surface area contributed by atoms with Crippen molar-refractivity contribution in [3.8, 4) is 5.75 Å². The van der Waals surface area contributed by atoms with Gasteiger partial charge in [0, 0.05) is 6.54 Å². The van der Waals surface area contributed by atoms with Gasteiger partial charge in [0.25, 0.3) is 0 Å². The maximum Gasteiger partial charge on any atom is 0.237 e. The van der Waals surface area contributed by atoms with Crippen molar-refractivity contribution < 1.29 is 9.53 Å². The van der Waals surface area contributed by atoms with E-state index in [0.717, 1.165) is 24.9 Å². The molecule has 0 radical (unpaired) electrons. The fourth-order valence-electron chi connectivity index (χ4n) is 2.75. The Morgan fingerprint density at radius 1 is 1.12 bits per heavy atom. The van der Waals surface area contributed by atoms with E-state index < -0.39 is 0 Å². The van der Waals surface area contributed by atoms with Crippen LogP contribution in [0.2, 0.25) is 0 Å². The van der Waals surface area contributed by atoms with Crippen molar-refractivity contribution in [1.29, 1.82) is 0 Å². The Kier molecular flexibility index (Phi) is 8.62. The number of likely N-dealkylation sites (N-methyl/N-ethyl adjacent to an activating group) is 1. The van der Waals surface area contributed by atoms with Crippen LogP contribution in [0.4, 0.5) is 0 Å². The lowest BCUT2D eigenvalue weighted by molar-refractivity contribution is -0.125. The third-order valence-corrected chi connectivity index (χ3v) is 5.78. The average Bonchev–Trinajstić information content (AvgIpc) is 2.60. The minimum atomic E-state index is -0.203. The van der Waals surface area contributed by atoms with Crippen LogP contribution in [0.25, 0.3) is 0 Å². The molecule has 6 heteroatoms. The summed E-state index contributed by atoms with van der Waals surface area (Å²) in [6, 6.07) is 14.2. The van der Waals surface area contributed by atoms with E-state index in [0.29, 0.717) is 13.0 Å². The highest BCUT2D eigenvalue weighted by Crippen LogP contribution is 2.29. The number of nitrogens with zero attached hydrogens (tertiary/aromatic N) is 1. The van der Waals surface area contributed by atoms with E-state index in [1.807, 2.05) is 37.2 Å². The summed E-state index contributed by atoms with van der Waals surface area (Å²) in [6.07, 6.45) is 1.51. The van der Waals surface area contributed by atoms with E-state index in [1.165, 1.54) is 5.56 Å². The average molecular weight is 578 g/mol. The highest BCUT2D eigenvalue weighted by Gasteiger charge is 2.22. The highest BCUT2D eigenvalue weighted by molar-refractivity contribution is 14.1. The molecule has 0 aliphatic heterocycles. The van der Waals surface area contributed by atoms with Gasteiger partial charge in [0.15, 0.2) is 0 Å². The van der Waals surface area contributed by atoms with E-state index in [1.54, 1.807) is 7.11 Å². The summed E-state index contributed by atoms with van der Waals surface area (Å²) in [6.45, 7) is 0.644. The van der Waals surface area contributed by atoms with Gasteiger partial charge in [-0.2, -0.15) is 0 Å². The number of methoxy groups -OCH3 is 1. The van der Waals surface area contributed by atoms with Crippen molar-refractivity contribution in [2.24, 2.45) is 0 Å². The van der Waals surface area contributed by atoms with Crippen LogP contribution in [0.1, 0.15) is 11.1 Å². The largest absolute Gasteiger partial charge is 0.495 e. The van der Waals surface area contributed by atoms with Gasteiger partial charge in [-0.25, -0.2) is 0 Å². The Bertz CT molecular complexity index is 713. The molecule has 2 aromatic carbocycles. The highest BCUT2D eigenvalue weighted by atomic mass is 127. The van der Waals surface area contributed by atoms with Crippen LogP contribution in [0.5, 0.6) is 5.75 Å². The third-order valence-electron chi connectivity index (χ3n) is 4.17. The lowest BCUT2D eigenvalue weighted by Crippen LogP contribution is -2.45. The summed E-state index contributed by atoms with van der Waals surface area (Å²) in [5.74, 6) is 0.954. The molecule has 0 saturated heterocycles. The first-order chi connectivity index (χ1) is 12.4. The van der Waals surface area contributed by atoms with E-state index in [4.69, 9.17) is 4.74 Å². The number of hydrogen-bond donors (Lipinski definition) is 1. The molecule has 0 fully saturated rings. The van der Waals surface area contributed by atoms with Gasteiger partial charge in [-0.05, 0) is 95.4 Å². The molecule has 1 N–H and O–H groups in total. The van der Waals surface area contributed by atoms with Crippen molar-refractivity contribution in [1.82, 2.24) is 10.2 Å². The van der Waals surface area contributed by atoms with Crippen LogP contribution in [0.3, 0.4) is 0 Å². The molecule has 140 valence electrons. The van der Waals surface area contributed by atoms with Crippen LogP contribution in [-0.2, 0) is 17.6 Å². The Morgan fingerprint density at radius 2 is 1.73 bits per heavy atom. The zero-order valence-corrected chi connectivity index (χ0v) is 19.6. The molecular weight excluding hydrogens is 554 g/mol. The van der Waals surface area contributed by atoms with E-state index in [9.17, 15) is 4.79 Å². The number of benzene rings is 2. The Labute approximate surface area is 183 Å². The maximum atomic E-state index is 12.7. The normalized spacial score (nSPS) is 12.1. The van der Waals surface area contributed by atoms with Gasteiger partial charge in [0.05, 0.1) is 20.3 Å². The van der Waals surface area contributed by atoms with Gasteiger partial charge in [-0.1, -0.05) is 30.3 Å². The molecule has 26 heavy (non-hydrogen) atoms. The number of hydrogen-bond acceptors (Lipinski definition) is 3. The summed E-state index contributed by atoms with van der Waals surface area (Å²) in [5, 5.41) is 3.08. The second-order valence-corrected chi connectivity index (χ2v) is 8.63. The molecule has 0 aliphatic rings. The molecule has 4 nitrogen and oxygen atoms in total. The quantitative estimate of drug-likeness (QED) is 0.486. The minimum Gasteiger partial charge on any atom is -0.495 e. The fourth-order valence-corrected chi connectivity index (χ4v) is 5.09. The number of halogens is 2. The molecule has 0 aromatic heterocycles. The molecule has 1 amide bonds. The smallest absolute Gasteiger partial charge is 0.237 e. The predicted molar refractivity (Wildman–Crippen MR) is 123 cm³/mol. The van der Waals surface area contributed by atoms with E-state index in [-0.39, 0.29) is 11.9 Å².